The van der Waals surface area contributed by atoms with Gasteiger partial charge in [0.1, 0.15) is 0 Å². The van der Waals surface area contributed by atoms with Crippen molar-refractivity contribution < 1.29 is 14.3 Å². The molecule has 0 atom stereocenters. The number of hydrogen-bond donors (Lipinski definition) is 0. The molecule has 16 heavy (non-hydrogen) atoms. The Hall–Kier alpha value is -1.50. The summed E-state index contributed by atoms with van der Waals surface area (Å²) < 4.78 is 4.95. The highest BCUT2D eigenvalue weighted by molar-refractivity contribution is 5.79. The van der Waals surface area contributed by atoms with Gasteiger partial charge < -0.3 is 9.64 Å². The number of esters is 1. The standard InChI is InChI=1S/C12H17NO3/c1-3-5-11(14)13-8-6-10(7-9-13)12(15)16-4-2/h1,10H,4-9H2,2H3. The molecule has 1 aliphatic heterocycles. The normalized spacial score (nSPS) is 16.6. The van der Waals surface area contributed by atoms with Crippen LogP contribution in [0, 0.1) is 18.3 Å². The monoisotopic (exact) mass is 223 g/mol. The van der Waals surface area contributed by atoms with Crippen molar-refractivity contribution in [2.24, 2.45) is 5.92 Å². The molecule has 0 unspecified atom stereocenters. The van der Waals surface area contributed by atoms with E-state index in [2.05, 4.69) is 5.92 Å². The molecule has 1 saturated heterocycles. The van der Waals surface area contributed by atoms with Gasteiger partial charge in [-0.15, -0.1) is 6.42 Å². The summed E-state index contributed by atoms with van der Waals surface area (Å²) in [5, 5.41) is 0. The molecule has 0 aromatic carbocycles. The van der Waals surface area contributed by atoms with Crippen molar-refractivity contribution in [2.75, 3.05) is 19.7 Å². The Morgan fingerprint density at radius 2 is 2.06 bits per heavy atom. The van der Waals surface area contributed by atoms with Gasteiger partial charge in [0.25, 0.3) is 0 Å². The van der Waals surface area contributed by atoms with E-state index < -0.39 is 0 Å². The zero-order valence-electron chi connectivity index (χ0n) is 9.57. The minimum absolute atomic E-state index is 0.0233. The fraction of sp³-hybridized carbons (Fsp3) is 0.667. The minimum atomic E-state index is -0.147. The quantitative estimate of drug-likeness (QED) is 0.525. The van der Waals surface area contributed by atoms with E-state index in [0.29, 0.717) is 32.5 Å². The Morgan fingerprint density at radius 3 is 2.56 bits per heavy atom. The third-order valence-corrected chi connectivity index (χ3v) is 2.72. The van der Waals surface area contributed by atoms with Crippen LogP contribution in [0.4, 0.5) is 0 Å². The predicted molar refractivity (Wildman–Crippen MR) is 59.4 cm³/mol. The van der Waals surface area contributed by atoms with Crippen LogP contribution in [0.2, 0.25) is 0 Å². The first-order valence-corrected chi connectivity index (χ1v) is 5.57. The summed E-state index contributed by atoms with van der Waals surface area (Å²) in [5.41, 5.74) is 0. The number of carbonyl (C=O) groups excluding carboxylic acids is 2. The Kier molecular flexibility index (Phi) is 4.84. The molecule has 0 spiro atoms. The van der Waals surface area contributed by atoms with Crippen molar-refractivity contribution in [1.82, 2.24) is 4.90 Å². The van der Waals surface area contributed by atoms with E-state index in [-0.39, 0.29) is 24.2 Å². The number of nitrogens with zero attached hydrogens (tertiary/aromatic N) is 1. The van der Waals surface area contributed by atoms with Gasteiger partial charge in [-0.2, -0.15) is 0 Å². The van der Waals surface area contributed by atoms with Crippen molar-refractivity contribution in [3.05, 3.63) is 0 Å². The van der Waals surface area contributed by atoms with Gasteiger partial charge in [-0.3, -0.25) is 9.59 Å². The van der Waals surface area contributed by atoms with Crippen LogP contribution in [0.3, 0.4) is 0 Å². The van der Waals surface area contributed by atoms with E-state index in [1.807, 2.05) is 0 Å². The first-order chi connectivity index (χ1) is 7.69. The van der Waals surface area contributed by atoms with E-state index in [1.165, 1.54) is 0 Å². The second kappa shape index (κ2) is 6.16. The molecular weight excluding hydrogens is 206 g/mol. The van der Waals surface area contributed by atoms with Crippen LogP contribution in [0.1, 0.15) is 26.2 Å². The van der Waals surface area contributed by atoms with Gasteiger partial charge in [-0.05, 0) is 19.8 Å². The lowest BCUT2D eigenvalue weighted by molar-refractivity contribution is -0.151. The van der Waals surface area contributed by atoms with Crippen LogP contribution in [-0.2, 0) is 14.3 Å². The SMILES string of the molecule is C#CCC(=O)N1CCC(C(=O)OCC)CC1. The summed E-state index contributed by atoms with van der Waals surface area (Å²) in [6.07, 6.45) is 6.57. The number of piperidine rings is 1. The number of hydrogen-bond acceptors (Lipinski definition) is 3. The van der Waals surface area contributed by atoms with Crippen molar-refractivity contribution in [3.8, 4) is 12.3 Å². The topological polar surface area (TPSA) is 46.6 Å². The lowest BCUT2D eigenvalue weighted by Crippen LogP contribution is -2.40. The van der Waals surface area contributed by atoms with E-state index in [4.69, 9.17) is 11.2 Å². The smallest absolute Gasteiger partial charge is 0.309 e. The maximum absolute atomic E-state index is 11.5. The zero-order valence-corrected chi connectivity index (χ0v) is 9.57. The molecule has 0 aromatic rings. The van der Waals surface area contributed by atoms with Crippen molar-refractivity contribution >= 4 is 11.9 Å². The number of carbonyl (C=O) groups is 2. The maximum Gasteiger partial charge on any atom is 0.309 e. The van der Waals surface area contributed by atoms with Crippen LogP contribution in [-0.4, -0.2) is 36.5 Å². The summed E-state index contributed by atoms with van der Waals surface area (Å²) in [6.45, 7) is 3.41. The van der Waals surface area contributed by atoms with Gasteiger partial charge in [0, 0.05) is 13.1 Å². The molecule has 1 amide bonds. The van der Waals surface area contributed by atoms with Gasteiger partial charge in [0.15, 0.2) is 0 Å². The molecule has 1 fully saturated rings. The second-order valence-electron chi connectivity index (χ2n) is 3.79. The Morgan fingerprint density at radius 1 is 1.44 bits per heavy atom. The number of amides is 1. The van der Waals surface area contributed by atoms with Crippen LogP contribution >= 0.6 is 0 Å². The third kappa shape index (κ3) is 3.27. The first kappa shape index (κ1) is 12.6. The average Bonchev–Trinajstić information content (AvgIpc) is 2.30. The van der Waals surface area contributed by atoms with Crippen molar-refractivity contribution in [2.45, 2.75) is 26.2 Å². The summed E-state index contributed by atoms with van der Waals surface area (Å²) >= 11 is 0. The Balaban J connectivity index is 2.37. The Bertz CT molecular complexity index is 298. The molecule has 4 heteroatoms. The molecular formula is C12H17NO3. The van der Waals surface area contributed by atoms with Gasteiger partial charge in [0.2, 0.25) is 5.91 Å². The number of terminal acetylenes is 1. The highest BCUT2D eigenvalue weighted by Gasteiger charge is 2.27. The van der Waals surface area contributed by atoms with Crippen molar-refractivity contribution in [1.29, 1.82) is 0 Å². The first-order valence-electron chi connectivity index (χ1n) is 5.57. The molecule has 0 bridgehead atoms. The minimum Gasteiger partial charge on any atom is -0.466 e. The molecule has 0 aromatic heterocycles. The van der Waals surface area contributed by atoms with Crippen LogP contribution in [0.15, 0.2) is 0 Å². The second-order valence-corrected chi connectivity index (χ2v) is 3.79. The van der Waals surface area contributed by atoms with E-state index >= 15 is 0 Å². The van der Waals surface area contributed by atoms with E-state index in [1.54, 1.807) is 11.8 Å². The maximum atomic E-state index is 11.5. The molecule has 0 saturated carbocycles. The highest BCUT2D eigenvalue weighted by Crippen LogP contribution is 2.19. The molecule has 1 rings (SSSR count). The summed E-state index contributed by atoms with van der Waals surface area (Å²) in [5.74, 6) is 2.11. The summed E-state index contributed by atoms with van der Waals surface area (Å²) in [6, 6.07) is 0. The number of rotatable bonds is 3. The molecule has 0 radical (unpaired) electrons. The summed E-state index contributed by atoms with van der Waals surface area (Å²) in [4.78, 5) is 24.6. The van der Waals surface area contributed by atoms with Crippen LogP contribution < -0.4 is 0 Å². The molecule has 88 valence electrons. The van der Waals surface area contributed by atoms with Gasteiger partial charge in [-0.1, -0.05) is 5.92 Å². The lowest BCUT2D eigenvalue weighted by Gasteiger charge is -2.30. The lowest BCUT2D eigenvalue weighted by atomic mass is 9.97. The molecule has 0 N–H and O–H groups in total. The molecule has 0 aliphatic carbocycles. The Labute approximate surface area is 95.9 Å². The van der Waals surface area contributed by atoms with Gasteiger partial charge in [0.05, 0.1) is 18.9 Å². The van der Waals surface area contributed by atoms with Gasteiger partial charge >= 0.3 is 5.97 Å². The molecule has 4 nitrogen and oxygen atoms in total. The average molecular weight is 223 g/mol. The zero-order chi connectivity index (χ0) is 12.0. The predicted octanol–water partition coefficient (Wildman–Crippen LogP) is 0.811. The number of likely N-dealkylation sites (tertiary alicyclic amines) is 1. The highest BCUT2D eigenvalue weighted by atomic mass is 16.5. The molecule has 1 aliphatic rings. The van der Waals surface area contributed by atoms with Gasteiger partial charge in [-0.25, -0.2) is 0 Å². The van der Waals surface area contributed by atoms with Crippen LogP contribution in [0.25, 0.3) is 0 Å². The fourth-order valence-electron chi connectivity index (χ4n) is 1.82. The van der Waals surface area contributed by atoms with E-state index in [9.17, 15) is 9.59 Å². The fourth-order valence-corrected chi connectivity index (χ4v) is 1.82. The van der Waals surface area contributed by atoms with E-state index in [0.717, 1.165) is 0 Å². The largest absolute Gasteiger partial charge is 0.466 e. The summed E-state index contributed by atoms with van der Waals surface area (Å²) in [7, 11) is 0. The number of ether oxygens (including phenoxy) is 1. The van der Waals surface area contributed by atoms with Crippen molar-refractivity contribution in [3.63, 3.8) is 0 Å². The third-order valence-electron chi connectivity index (χ3n) is 2.72. The molecule has 1 heterocycles. The van der Waals surface area contributed by atoms with Crippen LogP contribution in [0.5, 0.6) is 0 Å².